The topological polar surface area (TPSA) is 102 Å². The van der Waals surface area contributed by atoms with E-state index in [1.165, 1.54) is 43.8 Å². The standard InChI is InChI=1S/C21H22N2O5S2/c1-16-13-19(10-11-20(16)28-2)30(26,27)23-15-21(17-7-6-12-22-14-17)29(24,25)18-8-4-3-5-9-18/h3-14,21,23H,15H2,1-2H3. The van der Waals surface area contributed by atoms with Crippen molar-refractivity contribution in [2.75, 3.05) is 13.7 Å². The Morgan fingerprint density at radius 1 is 0.967 bits per heavy atom. The molecule has 30 heavy (non-hydrogen) atoms. The van der Waals surface area contributed by atoms with E-state index in [-0.39, 0.29) is 16.3 Å². The van der Waals surface area contributed by atoms with Gasteiger partial charge in [-0.25, -0.2) is 21.6 Å². The van der Waals surface area contributed by atoms with Gasteiger partial charge in [0.15, 0.2) is 9.84 Å². The number of methoxy groups -OCH3 is 1. The average Bonchev–Trinajstić information content (AvgIpc) is 2.75. The van der Waals surface area contributed by atoms with Crippen LogP contribution in [0.4, 0.5) is 0 Å². The highest BCUT2D eigenvalue weighted by atomic mass is 32.2. The van der Waals surface area contributed by atoms with Gasteiger partial charge in [-0.1, -0.05) is 24.3 Å². The number of aromatic nitrogens is 1. The van der Waals surface area contributed by atoms with Crippen LogP contribution in [-0.4, -0.2) is 35.5 Å². The molecule has 0 saturated heterocycles. The van der Waals surface area contributed by atoms with E-state index in [0.717, 1.165) is 0 Å². The van der Waals surface area contributed by atoms with Crippen LogP contribution < -0.4 is 9.46 Å². The van der Waals surface area contributed by atoms with Crippen LogP contribution in [0.25, 0.3) is 0 Å². The minimum Gasteiger partial charge on any atom is -0.496 e. The van der Waals surface area contributed by atoms with Crippen LogP contribution in [0.15, 0.2) is 82.8 Å². The summed E-state index contributed by atoms with van der Waals surface area (Å²) in [5.74, 6) is 0.564. The maximum atomic E-state index is 13.2. The summed E-state index contributed by atoms with van der Waals surface area (Å²) in [6, 6.07) is 15.6. The predicted octanol–water partition coefficient (Wildman–Crippen LogP) is 2.89. The molecule has 1 aromatic heterocycles. The molecule has 9 heteroatoms. The van der Waals surface area contributed by atoms with E-state index in [2.05, 4.69) is 9.71 Å². The Bertz CT molecular complexity index is 1210. The number of rotatable bonds is 8. The van der Waals surface area contributed by atoms with Gasteiger partial charge in [-0.2, -0.15) is 0 Å². The highest BCUT2D eigenvalue weighted by Gasteiger charge is 2.31. The molecule has 1 unspecified atom stereocenters. The van der Waals surface area contributed by atoms with Gasteiger partial charge < -0.3 is 4.74 Å². The van der Waals surface area contributed by atoms with Crippen LogP contribution in [0.5, 0.6) is 5.75 Å². The molecule has 0 aliphatic rings. The molecule has 7 nitrogen and oxygen atoms in total. The number of pyridine rings is 1. The first-order chi connectivity index (χ1) is 14.3. The maximum Gasteiger partial charge on any atom is 0.240 e. The summed E-state index contributed by atoms with van der Waals surface area (Å²) in [5.41, 5.74) is 1.05. The quantitative estimate of drug-likeness (QED) is 0.571. The Balaban J connectivity index is 1.94. The maximum absolute atomic E-state index is 13.2. The number of ether oxygens (including phenoxy) is 1. The summed E-state index contributed by atoms with van der Waals surface area (Å²) >= 11 is 0. The first kappa shape index (κ1) is 21.9. The Kier molecular flexibility index (Phi) is 6.55. The molecule has 1 heterocycles. The fraction of sp³-hybridized carbons (Fsp3) is 0.190. The average molecular weight is 447 g/mol. The summed E-state index contributed by atoms with van der Waals surface area (Å²) in [5, 5.41) is -1.14. The Hall–Kier alpha value is -2.75. The molecule has 0 radical (unpaired) electrons. The fourth-order valence-electron chi connectivity index (χ4n) is 3.03. The molecule has 0 amide bonds. The number of nitrogens with zero attached hydrogens (tertiary/aromatic N) is 1. The zero-order valence-electron chi connectivity index (χ0n) is 16.5. The first-order valence-corrected chi connectivity index (χ1v) is 12.1. The van der Waals surface area contributed by atoms with Crippen LogP contribution in [0.3, 0.4) is 0 Å². The minimum absolute atomic E-state index is 0.0304. The van der Waals surface area contributed by atoms with Crippen LogP contribution >= 0.6 is 0 Å². The highest BCUT2D eigenvalue weighted by Crippen LogP contribution is 2.29. The molecule has 1 N–H and O–H groups in total. The van der Waals surface area contributed by atoms with Crippen LogP contribution in [0, 0.1) is 6.92 Å². The smallest absolute Gasteiger partial charge is 0.240 e. The van der Waals surface area contributed by atoms with Crippen molar-refractivity contribution < 1.29 is 21.6 Å². The zero-order chi connectivity index (χ0) is 21.8. The molecule has 2 aromatic carbocycles. The molecule has 1 atom stereocenters. The second-order valence-corrected chi connectivity index (χ2v) is 10.5. The summed E-state index contributed by atoms with van der Waals surface area (Å²) in [6.07, 6.45) is 2.96. The van der Waals surface area contributed by atoms with Crippen molar-refractivity contribution in [3.8, 4) is 5.75 Å². The van der Waals surface area contributed by atoms with E-state index >= 15 is 0 Å². The lowest BCUT2D eigenvalue weighted by atomic mass is 10.2. The lowest BCUT2D eigenvalue weighted by Gasteiger charge is -2.19. The van der Waals surface area contributed by atoms with E-state index < -0.39 is 25.1 Å². The molecule has 0 aliphatic carbocycles. The SMILES string of the molecule is COc1ccc(S(=O)(=O)NCC(c2cccnc2)S(=O)(=O)c2ccccc2)cc1C. The zero-order valence-corrected chi connectivity index (χ0v) is 18.2. The van der Waals surface area contributed by atoms with Crippen molar-refractivity contribution >= 4 is 19.9 Å². The molecule has 0 aliphatic heterocycles. The number of hydrogen-bond acceptors (Lipinski definition) is 6. The Labute approximate surface area is 176 Å². The van der Waals surface area contributed by atoms with E-state index in [0.29, 0.717) is 16.9 Å². The molecule has 3 aromatic rings. The van der Waals surface area contributed by atoms with Gasteiger partial charge in [0.25, 0.3) is 0 Å². The molecule has 3 rings (SSSR count). The van der Waals surface area contributed by atoms with Gasteiger partial charge in [0.05, 0.1) is 16.9 Å². The second-order valence-electron chi connectivity index (χ2n) is 6.62. The van der Waals surface area contributed by atoms with Crippen LogP contribution in [0.2, 0.25) is 0 Å². The van der Waals surface area contributed by atoms with E-state index in [1.807, 2.05) is 0 Å². The summed E-state index contributed by atoms with van der Waals surface area (Å²) < 4.78 is 59.7. The molecule has 0 bridgehead atoms. The Morgan fingerprint density at radius 2 is 1.70 bits per heavy atom. The van der Waals surface area contributed by atoms with E-state index in [9.17, 15) is 16.8 Å². The van der Waals surface area contributed by atoms with Gasteiger partial charge in [0, 0.05) is 18.9 Å². The number of sulfone groups is 1. The molecule has 0 saturated carbocycles. The van der Waals surface area contributed by atoms with E-state index in [1.54, 1.807) is 43.3 Å². The first-order valence-electron chi connectivity index (χ1n) is 9.09. The van der Waals surface area contributed by atoms with Gasteiger partial charge in [-0.15, -0.1) is 0 Å². The van der Waals surface area contributed by atoms with Gasteiger partial charge in [0.1, 0.15) is 11.0 Å². The monoisotopic (exact) mass is 446 g/mol. The van der Waals surface area contributed by atoms with Crippen LogP contribution in [0.1, 0.15) is 16.4 Å². The lowest BCUT2D eigenvalue weighted by molar-refractivity contribution is 0.411. The number of nitrogens with one attached hydrogen (secondary N) is 1. The molecule has 0 spiro atoms. The fourth-order valence-corrected chi connectivity index (χ4v) is 5.94. The second kappa shape index (κ2) is 8.95. The van der Waals surface area contributed by atoms with Gasteiger partial charge in [0.2, 0.25) is 10.0 Å². The third-order valence-electron chi connectivity index (χ3n) is 4.64. The number of benzene rings is 2. The number of sulfonamides is 1. The summed E-state index contributed by atoms with van der Waals surface area (Å²) in [7, 11) is -6.31. The number of hydrogen-bond donors (Lipinski definition) is 1. The van der Waals surface area contributed by atoms with Crippen molar-refractivity contribution in [2.24, 2.45) is 0 Å². The van der Waals surface area contributed by atoms with Gasteiger partial charge in [-0.3, -0.25) is 4.98 Å². The third-order valence-corrected chi connectivity index (χ3v) is 8.18. The normalized spacial score (nSPS) is 13.0. The van der Waals surface area contributed by atoms with Crippen molar-refractivity contribution in [1.29, 1.82) is 0 Å². The third kappa shape index (κ3) is 4.69. The van der Waals surface area contributed by atoms with Crippen molar-refractivity contribution in [3.05, 3.63) is 84.2 Å². The Morgan fingerprint density at radius 3 is 2.30 bits per heavy atom. The molecule has 0 fully saturated rings. The molecule has 158 valence electrons. The summed E-state index contributed by atoms with van der Waals surface area (Å²) in [4.78, 5) is 4.13. The highest BCUT2D eigenvalue weighted by molar-refractivity contribution is 7.92. The minimum atomic E-state index is -3.94. The van der Waals surface area contributed by atoms with Crippen molar-refractivity contribution in [3.63, 3.8) is 0 Å². The van der Waals surface area contributed by atoms with E-state index in [4.69, 9.17) is 4.74 Å². The lowest BCUT2D eigenvalue weighted by Crippen LogP contribution is -2.32. The van der Waals surface area contributed by atoms with Gasteiger partial charge >= 0.3 is 0 Å². The molecular formula is C21H22N2O5S2. The van der Waals surface area contributed by atoms with Crippen LogP contribution in [-0.2, 0) is 19.9 Å². The predicted molar refractivity (Wildman–Crippen MR) is 114 cm³/mol. The van der Waals surface area contributed by atoms with Crippen molar-refractivity contribution in [2.45, 2.75) is 22.0 Å². The van der Waals surface area contributed by atoms with Gasteiger partial charge in [-0.05, 0) is 54.4 Å². The summed E-state index contributed by atoms with van der Waals surface area (Å²) in [6.45, 7) is 1.40. The molecular weight excluding hydrogens is 424 g/mol. The number of aryl methyl sites for hydroxylation is 1. The van der Waals surface area contributed by atoms with Crippen molar-refractivity contribution in [1.82, 2.24) is 9.71 Å². The largest absolute Gasteiger partial charge is 0.496 e.